The average Bonchev–Trinajstić information content (AvgIpc) is 3.15. The molecule has 0 saturated heterocycles. The number of carbonyl (C=O) groups is 1. The predicted molar refractivity (Wildman–Crippen MR) is 110 cm³/mol. The number of rotatable bonds is 5. The number of nitrogens with zero attached hydrogens (tertiary/aromatic N) is 2. The van der Waals surface area contributed by atoms with Gasteiger partial charge in [0.05, 0.1) is 14.2 Å². The van der Waals surface area contributed by atoms with Crippen molar-refractivity contribution in [1.29, 1.82) is 0 Å². The summed E-state index contributed by atoms with van der Waals surface area (Å²) >= 11 is 0. The van der Waals surface area contributed by atoms with Gasteiger partial charge in [0.1, 0.15) is 0 Å². The zero-order valence-corrected chi connectivity index (χ0v) is 16.7. The fourth-order valence-corrected chi connectivity index (χ4v) is 4.04. The van der Waals surface area contributed by atoms with Crippen molar-refractivity contribution < 1.29 is 14.3 Å². The Kier molecular flexibility index (Phi) is 4.99. The molecule has 5 nitrogen and oxygen atoms in total. The van der Waals surface area contributed by atoms with E-state index < -0.39 is 0 Å². The van der Waals surface area contributed by atoms with Crippen molar-refractivity contribution in [2.75, 3.05) is 20.8 Å². The maximum atomic E-state index is 12.8. The van der Waals surface area contributed by atoms with Gasteiger partial charge in [-0.15, -0.1) is 0 Å². The number of benzene rings is 2. The lowest BCUT2D eigenvalue weighted by Gasteiger charge is -2.30. The third-order valence-electron chi connectivity index (χ3n) is 5.67. The summed E-state index contributed by atoms with van der Waals surface area (Å²) in [7, 11) is 3.29. The Morgan fingerprint density at radius 2 is 1.82 bits per heavy atom. The molecule has 0 aliphatic carbocycles. The molecule has 146 valence electrons. The van der Waals surface area contributed by atoms with Gasteiger partial charge in [-0.3, -0.25) is 4.79 Å². The molecule has 0 bridgehead atoms. The molecule has 1 aromatic heterocycles. The highest BCUT2D eigenvalue weighted by Crippen LogP contribution is 2.33. The molecule has 5 heteroatoms. The molecule has 3 aromatic rings. The smallest absolute Gasteiger partial charge is 0.224 e. The van der Waals surface area contributed by atoms with E-state index in [2.05, 4.69) is 42.0 Å². The molecular weight excluding hydrogens is 352 g/mol. The van der Waals surface area contributed by atoms with Crippen molar-refractivity contribution in [3.63, 3.8) is 0 Å². The third-order valence-corrected chi connectivity index (χ3v) is 5.67. The van der Waals surface area contributed by atoms with Gasteiger partial charge in [0.15, 0.2) is 11.5 Å². The first kappa shape index (κ1) is 18.4. The highest BCUT2D eigenvalue weighted by atomic mass is 16.5. The van der Waals surface area contributed by atoms with Crippen molar-refractivity contribution in [2.45, 2.75) is 32.9 Å². The van der Waals surface area contributed by atoms with Crippen LogP contribution in [-0.4, -0.2) is 36.1 Å². The summed E-state index contributed by atoms with van der Waals surface area (Å²) in [4.78, 5) is 14.8. The van der Waals surface area contributed by atoms with E-state index in [4.69, 9.17) is 9.47 Å². The molecule has 0 N–H and O–H groups in total. The molecule has 0 radical (unpaired) electrons. The fraction of sp³-hybridized carbons (Fsp3) is 0.348. The Bertz CT molecular complexity index is 1020. The van der Waals surface area contributed by atoms with Crippen molar-refractivity contribution in [3.8, 4) is 11.5 Å². The molecule has 1 amide bonds. The molecule has 28 heavy (non-hydrogen) atoms. The second-order valence-corrected chi connectivity index (χ2v) is 7.31. The third kappa shape index (κ3) is 3.33. The minimum absolute atomic E-state index is 0.190. The van der Waals surface area contributed by atoms with Gasteiger partial charge in [0, 0.05) is 43.2 Å². The van der Waals surface area contributed by atoms with Gasteiger partial charge in [-0.25, -0.2) is 0 Å². The zero-order valence-electron chi connectivity index (χ0n) is 16.7. The summed E-state index contributed by atoms with van der Waals surface area (Å²) < 4.78 is 13.0. The molecule has 1 aliphatic rings. The fourth-order valence-electron chi connectivity index (χ4n) is 4.04. The van der Waals surface area contributed by atoms with E-state index in [1.54, 1.807) is 14.2 Å². The Balaban J connectivity index is 1.45. The van der Waals surface area contributed by atoms with Crippen molar-refractivity contribution >= 4 is 16.8 Å². The van der Waals surface area contributed by atoms with E-state index in [1.165, 1.54) is 22.0 Å². The van der Waals surface area contributed by atoms with Crippen LogP contribution < -0.4 is 9.47 Å². The van der Waals surface area contributed by atoms with Crippen LogP contribution in [0.3, 0.4) is 0 Å². The maximum absolute atomic E-state index is 12.8. The number of carbonyl (C=O) groups excluding carboxylic acids is 1. The molecule has 4 rings (SSSR count). The van der Waals surface area contributed by atoms with Crippen LogP contribution in [0, 0.1) is 6.92 Å². The molecule has 0 atom stereocenters. The van der Waals surface area contributed by atoms with Gasteiger partial charge in [-0.05, 0) is 54.3 Å². The van der Waals surface area contributed by atoms with Crippen LogP contribution in [0.2, 0.25) is 0 Å². The second-order valence-electron chi connectivity index (χ2n) is 7.31. The Morgan fingerprint density at radius 1 is 1.07 bits per heavy atom. The lowest BCUT2D eigenvalue weighted by Crippen LogP contribution is -2.36. The number of hydrogen-bond acceptors (Lipinski definition) is 3. The largest absolute Gasteiger partial charge is 0.493 e. The van der Waals surface area contributed by atoms with Crippen LogP contribution in [0.15, 0.2) is 42.6 Å². The van der Waals surface area contributed by atoms with Gasteiger partial charge in [0.2, 0.25) is 5.91 Å². The second kappa shape index (κ2) is 7.58. The van der Waals surface area contributed by atoms with E-state index in [1.807, 2.05) is 17.0 Å². The zero-order chi connectivity index (χ0) is 19.7. The summed E-state index contributed by atoms with van der Waals surface area (Å²) in [6.45, 7) is 4.18. The summed E-state index contributed by atoms with van der Waals surface area (Å²) in [6.07, 6.45) is 3.42. The summed E-state index contributed by atoms with van der Waals surface area (Å²) in [5, 5.41) is 1.25. The molecule has 0 fully saturated rings. The van der Waals surface area contributed by atoms with Crippen LogP contribution >= 0.6 is 0 Å². The van der Waals surface area contributed by atoms with Crippen LogP contribution in [0.4, 0.5) is 0 Å². The highest BCUT2D eigenvalue weighted by Gasteiger charge is 2.22. The van der Waals surface area contributed by atoms with Gasteiger partial charge in [-0.2, -0.15) is 0 Å². The van der Waals surface area contributed by atoms with E-state index in [0.717, 1.165) is 24.3 Å². The van der Waals surface area contributed by atoms with Crippen LogP contribution in [0.1, 0.15) is 23.1 Å². The number of hydrogen-bond donors (Lipinski definition) is 0. The van der Waals surface area contributed by atoms with E-state index in [-0.39, 0.29) is 5.91 Å². The Hall–Kier alpha value is -2.95. The van der Waals surface area contributed by atoms with Crippen LogP contribution in [0.25, 0.3) is 10.9 Å². The lowest BCUT2D eigenvalue weighted by atomic mass is 9.98. The first-order chi connectivity index (χ1) is 13.6. The quantitative estimate of drug-likeness (QED) is 0.675. The highest BCUT2D eigenvalue weighted by molar-refractivity contribution is 5.83. The minimum Gasteiger partial charge on any atom is -0.493 e. The molecule has 0 saturated carbocycles. The van der Waals surface area contributed by atoms with E-state index in [9.17, 15) is 4.79 Å². The predicted octanol–water partition coefficient (Wildman–Crippen LogP) is 3.94. The van der Waals surface area contributed by atoms with Crippen molar-refractivity contribution in [1.82, 2.24) is 9.47 Å². The molecule has 2 heterocycles. The first-order valence-electron chi connectivity index (χ1n) is 9.66. The summed E-state index contributed by atoms with van der Waals surface area (Å²) in [5.74, 6) is 1.65. The van der Waals surface area contributed by atoms with Gasteiger partial charge in [-0.1, -0.05) is 12.1 Å². The summed E-state index contributed by atoms with van der Waals surface area (Å²) in [5.41, 5.74) is 4.82. The monoisotopic (exact) mass is 378 g/mol. The topological polar surface area (TPSA) is 43.7 Å². The van der Waals surface area contributed by atoms with E-state index in [0.29, 0.717) is 25.3 Å². The van der Waals surface area contributed by atoms with Gasteiger partial charge < -0.3 is 18.9 Å². The molecule has 2 aromatic carbocycles. The maximum Gasteiger partial charge on any atom is 0.224 e. The molecule has 1 aliphatic heterocycles. The molecule has 0 unspecified atom stereocenters. The molecular formula is C23H26N2O3. The number of amides is 1. The SMILES string of the molecule is COc1cc2c(cc1OC)CN(C(=O)CCn1ccc3c(C)cccc31)CC2. The van der Waals surface area contributed by atoms with Gasteiger partial charge in [0.25, 0.3) is 0 Å². The number of fused-ring (bicyclic) bond motifs is 2. The number of aromatic nitrogens is 1. The summed E-state index contributed by atoms with van der Waals surface area (Å²) in [6, 6.07) is 12.5. The lowest BCUT2D eigenvalue weighted by molar-refractivity contribution is -0.132. The van der Waals surface area contributed by atoms with E-state index >= 15 is 0 Å². The minimum atomic E-state index is 0.190. The average molecular weight is 378 g/mol. The number of methoxy groups -OCH3 is 2. The standard InChI is InChI=1S/C23H26N2O3/c1-16-5-4-6-20-19(16)8-11-24(20)12-9-23(26)25-10-7-17-13-21(27-2)22(28-3)14-18(17)15-25/h4-6,8,11,13-14H,7,9-10,12,15H2,1-3H3. The molecule has 0 spiro atoms. The van der Waals surface area contributed by atoms with Crippen LogP contribution in [-0.2, 0) is 24.3 Å². The first-order valence-corrected chi connectivity index (χ1v) is 9.66. The van der Waals surface area contributed by atoms with Crippen molar-refractivity contribution in [3.05, 3.63) is 59.3 Å². The van der Waals surface area contributed by atoms with Crippen LogP contribution in [0.5, 0.6) is 11.5 Å². The van der Waals surface area contributed by atoms with Gasteiger partial charge >= 0.3 is 0 Å². The van der Waals surface area contributed by atoms with Crippen molar-refractivity contribution in [2.24, 2.45) is 0 Å². The normalized spacial score (nSPS) is 13.5. The number of ether oxygens (including phenoxy) is 2. The Labute approximate surface area is 165 Å². The Morgan fingerprint density at radius 3 is 2.57 bits per heavy atom. The number of aryl methyl sites for hydroxylation is 2.